The van der Waals surface area contributed by atoms with Gasteiger partial charge in [0, 0.05) is 19.6 Å². The molecule has 1 aliphatic heterocycles. The number of nitrogens with zero attached hydrogens (tertiary/aromatic N) is 1. The van der Waals surface area contributed by atoms with Crippen LogP contribution in [0.25, 0.3) is 10.8 Å². The lowest BCUT2D eigenvalue weighted by atomic mass is 9.88. The van der Waals surface area contributed by atoms with E-state index in [4.69, 9.17) is 0 Å². The van der Waals surface area contributed by atoms with Crippen molar-refractivity contribution >= 4 is 16.7 Å². The number of amides is 1. The number of benzene rings is 2. The van der Waals surface area contributed by atoms with E-state index < -0.39 is 17.6 Å². The Balaban J connectivity index is 1.55. The molecule has 3 N–H and O–H groups in total. The smallest absolute Gasteiger partial charge is 0.253 e. The minimum absolute atomic E-state index is 0.365. The molecule has 0 bridgehead atoms. The van der Waals surface area contributed by atoms with Crippen LogP contribution in [-0.2, 0) is 4.79 Å². The zero-order chi connectivity index (χ0) is 17.9. The van der Waals surface area contributed by atoms with Gasteiger partial charge in [0.25, 0.3) is 5.91 Å². The Labute approximate surface area is 148 Å². The monoisotopic (exact) mass is 342 g/mol. The highest BCUT2D eigenvalue weighted by Crippen LogP contribution is 2.25. The molecule has 5 heteroatoms. The predicted octanol–water partition coefficient (Wildman–Crippen LogP) is 1.84. The van der Waals surface area contributed by atoms with Gasteiger partial charge in [0.05, 0.1) is 5.60 Å². The summed E-state index contributed by atoms with van der Waals surface area (Å²) in [4.78, 5) is 14.4. The molecule has 5 nitrogen and oxygen atoms in total. The summed E-state index contributed by atoms with van der Waals surface area (Å²) in [7, 11) is 2.04. The van der Waals surface area contributed by atoms with Crippen LogP contribution in [0.3, 0.4) is 0 Å². The van der Waals surface area contributed by atoms with E-state index in [1.54, 1.807) is 6.07 Å². The average Bonchev–Trinajstić information content (AvgIpc) is 2.63. The second kappa shape index (κ2) is 7.52. The molecule has 1 heterocycles. The van der Waals surface area contributed by atoms with Crippen LogP contribution in [-0.4, -0.2) is 53.3 Å². The van der Waals surface area contributed by atoms with Crippen molar-refractivity contribution < 1.29 is 15.0 Å². The number of piperidine rings is 1. The molecule has 1 aliphatic rings. The van der Waals surface area contributed by atoms with Crippen LogP contribution in [0.15, 0.2) is 42.5 Å². The second-order valence-electron chi connectivity index (χ2n) is 7.08. The Morgan fingerprint density at radius 2 is 1.88 bits per heavy atom. The lowest BCUT2D eigenvalue weighted by Crippen LogP contribution is -2.45. The molecule has 0 radical (unpaired) electrons. The van der Waals surface area contributed by atoms with Crippen molar-refractivity contribution in [1.82, 2.24) is 10.2 Å². The molecule has 1 amide bonds. The molecule has 1 atom stereocenters. The van der Waals surface area contributed by atoms with Crippen LogP contribution in [0.4, 0.5) is 0 Å². The Hall–Kier alpha value is -1.95. The van der Waals surface area contributed by atoms with Crippen molar-refractivity contribution in [3.63, 3.8) is 0 Å². The Kier molecular flexibility index (Phi) is 5.37. The van der Waals surface area contributed by atoms with E-state index in [2.05, 4.69) is 10.2 Å². The molecule has 0 aromatic heterocycles. The van der Waals surface area contributed by atoms with Crippen LogP contribution in [0.2, 0.25) is 0 Å². The van der Waals surface area contributed by atoms with Gasteiger partial charge >= 0.3 is 0 Å². The van der Waals surface area contributed by atoms with Gasteiger partial charge in [-0.1, -0.05) is 36.4 Å². The highest BCUT2D eigenvalue weighted by molar-refractivity contribution is 5.86. The number of aliphatic hydroxyl groups is 2. The van der Waals surface area contributed by atoms with E-state index in [0.29, 0.717) is 31.4 Å². The summed E-state index contributed by atoms with van der Waals surface area (Å²) in [6.07, 6.45) is 0.743. The number of aliphatic hydroxyl groups excluding tert-OH is 1. The summed E-state index contributed by atoms with van der Waals surface area (Å²) in [5.41, 5.74) is -0.137. The first-order chi connectivity index (χ1) is 12.0. The third-order valence-electron chi connectivity index (χ3n) is 5.14. The molecule has 1 fully saturated rings. The predicted molar refractivity (Wildman–Crippen MR) is 98.2 cm³/mol. The molecule has 2 aromatic rings. The Morgan fingerprint density at radius 1 is 1.20 bits per heavy atom. The van der Waals surface area contributed by atoms with E-state index in [1.165, 1.54) is 0 Å². The molecule has 1 saturated heterocycles. The summed E-state index contributed by atoms with van der Waals surface area (Å²) >= 11 is 0. The van der Waals surface area contributed by atoms with Gasteiger partial charge in [0.2, 0.25) is 0 Å². The summed E-state index contributed by atoms with van der Waals surface area (Å²) in [6.45, 7) is 2.10. The maximum Gasteiger partial charge on any atom is 0.253 e. The number of hydrogen-bond acceptors (Lipinski definition) is 4. The summed E-state index contributed by atoms with van der Waals surface area (Å²) in [5.74, 6) is -0.424. The summed E-state index contributed by atoms with van der Waals surface area (Å²) in [5, 5.41) is 25.7. The SMILES string of the molecule is CN1CCC(O)(CCNC(=O)[C@H](O)c2ccc3ccccc3c2)CC1. The molecule has 0 unspecified atom stereocenters. The van der Waals surface area contributed by atoms with Gasteiger partial charge in [-0.05, 0) is 48.7 Å². The van der Waals surface area contributed by atoms with E-state index in [0.717, 1.165) is 23.9 Å². The lowest BCUT2D eigenvalue weighted by Gasteiger charge is -2.36. The largest absolute Gasteiger partial charge is 0.390 e. The number of carbonyl (C=O) groups excluding carboxylic acids is 1. The van der Waals surface area contributed by atoms with Crippen LogP contribution in [0, 0.1) is 0 Å². The normalized spacial score (nSPS) is 18.8. The summed E-state index contributed by atoms with van der Waals surface area (Å²) in [6, 6.07) is 13.4. The highest BCUT2D eigenvalue weighted by Gasteiger charge is 2.31. The molecule has 0 saturated carbocycles. The van der Waals surface area contributed by atoms with Gasteiger partial charge in [-0.3, -0.25) is 4.79 Å². The van der Waals surface area contributed by atoms with Crippen LogP contribution < -0.4 is 5.32 Å². The van der Waals surface area contributed by atoms with Crippen LogP contribution in [0.5, 0.6) is 0 Å². The number of hydrogen-bond donors (Lipinski definition) is 3. The molecule has 0 aliphatic carbocycles. The van der Waals surface area contributed by atoms with Gasteiger partial charge in [0.15, 0.2) is 6.10 Å². The van der Waals surface area contributed by atoms with E-state index in [-0.39, 0.29) is 0 Å². The number of fused-ring (bicyclic) bond motifs is 1. The van der Waals surface area contributed by atoms with Gasteiger partial charge in [-0.25, -0.2) is 0 Å². The van der Waals surface area contributed by atoms with Crippen molar-refractivity contribution in [2.45, 2.75) is 31.0 Å². The Bertz CT molecular complexity index is 739. The number of rotatable bonds is 5. The van der Waals surface area contributed by atoms with Gasteiger partial charge in [0.1, 0.15) is 0 Å². The average molecular weight is 342 g/mol. The number of likely N-dealkylation sites (tertiary alicyclic amines) is 1. The fraction of sp³-hybridized carbons (Fsp3) is 0.450. The standard InChI is InChI=1S/C20H26N2O3/c1-22-12-9-20(25,10-13-22)8-11-21-19(24)18(23)17-7-6-15-4-2-3-5-16(15)14-17/h2-7,14,18,23,25H,8-13H2,1H3,(H,21,24)/t18-/m1/s1. The second-order valence-corrected chi connectivity index (χ2v) is 7.08. The van der Waals surface area contributed by atoms with Crippen molar-refractivity contribution in [1.29, 1.82) is 0 Å². The fourth-order valence-electron chi connectivity index (χ4n) is 3.33. The lowest BCUT2D eigenvalue weighted by molar-refractivity contribution is -0.129. The number of carbonyl (C=O) groups is 1. The van der Waals surface area contributed by atoms with Crippen LogP contribution in [0.1, 0.15) is 30.9 Å². The van der Waals surface area contributed by atoms with E-state index in [1.807, 2.05) is 43.4 Å². The van der Waals surface area contributed by atoms with Crippen molar-refractivity contribution in [3.8, 4) is 0 Å². The van der Waals surface area contributed by atoms with Crippen molar-refractivity contribution in [2.75, 3.05) is 26.7 Å². The molecule has 2 aromatic carbocycles. The van der Waals surface area contributed by atoms with Crippen LogP contribution >= 0.6 is 0 Å². The Morgan fingerprint density at radius 3 is 2.60 bits per heavy atom. The van der Waals surface area contributed by atoms with Gasteiger partial charge in [-0.2, -0.15) is 0 Å². The first-order valence-electron chi connectivity index (χ1n) is 8.82. The quantitative estimate of drug-likeness (QED) is 0.775. The molecular weight excluding hydrogens is 316 g/mol. The maximum absolute atomic E-state index is 12.2. The fourth-order valence-corrected chi connectivity index (χ4v) is 3.33. The zero-order valence-corrected chi connectivity index (χ0v) is 14.6. The molecular formula is C20H26N2O3. The number of nitrogens with one attached hydrogen (secondary N) is 1. The topological polar surface area (TPSA) is 72.8 Å². The van der Waals surface area contributed by atoms with Crippen molar-refractivity contribution in [3.05, 3.63) is 48.0 Å². The molecule has 25 heavy (non-hydrogen) atoms. The highest BCUT2D eigenvalue weighted by atomic mass is 16.3. The molecule has 134 valence electrons. The third kappa shape index (κ3) is 4.37. The molecule has 3 rings (SSSR count). The van der Waals surface area contributed by atoms with Gasteiger partial charge < -0.3 is 20.4 Å². The minimum Gasteiger partial charge on any atom is -0.390 e. The molecule has 0 spiro atoms. The zero-order valence-electron chi connectivity index (χ0n) is 14.6. The van der Waals surface area contributed by atoms with E-state index in [9.17, 15) is 15.0 Å². The van der Waals surface area contributed by atoms with Crippen molar-refractivity contribution in [2.24, 2.45) is 0 Å². The first kappa shape index (κ1) is 17.9. The van der Waals surface area contributed by atoms with E-state index >= 15 is 0 Å². The summed E-state index contributed by atoms with van der Waals surface area (Å²) < 4.78 is 0. The third-order valence-corrected chi connectivity index (χ3v) is 5.14. The first-order valence-corrected chi connectivity index (χ1v) is 8.82. The minimum atomic E-state index is -1.20. The van der Waals surface area contributed by atoms with Gasteiger partial charge in [-0.15, -0.1) is 0 Å². The maximum atomic E-state index is 12.2.